The maximum atomic E-state index is 12.7. The van der Waals surface area contributed by atoms with E-state index in [1.165, 1.54) is 6.07 Å². The fourth-order valence-electron chi connectivity index (χ4n) is 3.44. The van der Waals surface area contributed by atoms with Crippen molar-refractivity contribution in [3.8, 4) is 0 Å². The number of aromatic nitrogens is 2. The molecule has 0 radical (unpaired) electrons. The summed E-state index contributed by atoms with van der Waals surface area (Å²) in [5.74, 6) is 0.663. The Kier molecular flexibility index (Phi) is 2.79. The van der Waals surface area contributed by atoms with E-state index in [2.05, 4.69) is 9.97 Å². The van der Waals surface area contributed by atoms with Gasteiger partial charge in [0.1, 0.15) is 11.5 Å². The molecule has 22 heavy (non-hydrogen) atoms. The molecule has 3 aliphatic rings. The number of nitrogens with one attached hydrogen (secondary N) is 1. The maximum absolute atomic E-state index is 12.7. The number of likely N-dealkylation sites (tertiary alicyclic amines) is 1. The van der Waals surface area contributed by atoms with Gasteiger partial charge in [-0.25, -0.2) is 13.4 Å². The first kappa shape index (κ1) is 13.9. The summed E-state index contributed by atoms with van der Waals surface area (Å²) in [6, 6.07) is 1.21. The van der Waals surface area contributed by atoms with Crippen LogP contribution in [0.25, 0.3) is 0 Å². The summed E-state index contributed by atoms with van der Waals surface area (Å²) in [5, 5.41) is 0. The number of carbonyl (C=O) groups excluding carboxylic acids is 1. The standard InChI is InChI=1S/C14H17N3O4S/c18-11-7-10(15-12(16-11)9-1-2-9)13(19)17-5-3-14(17)4-6-22(20,21)8-14/h7,9H,1-6,8H2,(H,15,16,18). The molecule has 0 bridgehead atoms. The minimum absolute atomic E-state index is 0.0322. The van der Waals surface area contributed by atoms with Crippen molar-refractivity contribution >= 4 is 15.7 Å². The van der Waals surface area contributed by atoms with E-state index in [-0.39, 0.29) is 34.6 Å². The zero-order chi connectivity index (χ0) is 15.5. The van der Waals surface area contributed by atoms with Crippen LogP contribution in [0.3, 0.4) is 0 Å². The Morgan fingerprint density at radius 1 is 1.36 bits per heavy atom. The number of carbonyl (C=O) groups is 1. The molecule has 2 aliphatic heterocycles. The molecular formula is C14H17N3O4S. The van der Waals surface area contributed by atoms with Crippen molar-refractivity contribution in [2.75, 3.05) is 18.1 Å². The molecule has 1 N–H and O–H groups in total. The number of nitrogens with zero attached hydrogens (tertiary/aromatic N) is 2. The third-order valence-electron chi connectivity index (χ3n) is 4.93. The molecule has 1 atom stereocenters. The molecule has 1 spiro atoms. The Hall–Kier alpha value is -1.70. The van der Waals surface area contributed by atoms with E-state index in [9.17, 15) is 18.0 Å². The lowest BCUT2D eigenvalue weighted by Gasteiger charge is -2.49. The third kappa shape index (κ3) is 2.16. The van der Waals surface area contributed by atoms with Crippen molar-refractivity contribution in [1.29, 1.82) is 0 Å². The summed E-state index contributed by atoms with van der Waals surface area (Å²) in [4.78, 5) is 33.0. The molecule has 2 saturated heterocycles. The number of amides is 1. The minimum atomic E-state index is -3.07. The summed E-state index contributed by atoms with van der Waals surface area (Å²) < 4.78 is 23.5. The van der Waals surface area contributed by atoms with E-state index in [1.807, 2.05) is 0 Å². The summed E-state index contributed by atoms with van der Waals surface area (Å²) in [6.07, 6.45) is 3.15. The predicted octanol–water partition coefficient (Wildman–Crippen LogP) is 0.0505. The molecule has 0 aromatic carbocycles. The van der Waals surface area contributed by atoms with Crippen LogP contribution in [0, 0.1) is 0 Å². The Bertz CT molecular complexity index is 812. The Morgan fingerprint density at radius 3 is 2.68 bits per heavy atom. The molecule has 1 saturated carbocycles. The van der Waals surface area contributed by atoms with E-state index in [1.54, 1.807) is 4.90 Å². The summed E-state index contributed by atoms with van der Waals surface area (Å²) >= 11 is 0. The van der Waals surface area contributed by atoms with Crippen LogP contribution < -0.4 is 5.56 Å². The molecule has 118 valence electrons. The first-order valence-corrected chi connectivity index (χ1v) is 9.34. The lowest BCUT2D eigenvalue weighted by atomic mass is 9.84. The van der Waals surface area contributed by atoms with Crippen molar-refractivity contribution in [2.45, 2.75) is 37.1 Å². The van der Waals surface area contributed by atoms with Crippen molar-refractivity contribution < 1.29 is 13.2 Å². The topological polar surface area (TPSA) is 100 Å². The van der Waals surface area contributed by atoms with Gasteiger partial charge in [0, 0.05) is 18.5 Å². The highest BCUT2D eigenvalue weighted by Gasteiger charge is 2.54. The molecule has 1 unspecified atom stereocenters. The Morgan fingerprint density at radius 2 is 2.14 bits per heavy atom. The van der Waals surface area contributed by atoms with Crippen molar-refractivity contribution in [3.63, 3.8) is 0 Å². The Balaban J connectivity index is 1.64. The zero-order valence-electron chi connectivity index (χ0n) is 12.0. The van der Waals surface area contributed by atoms with E-state index in [0.29, 0.717) is 25.2 Å². The van der Waals surface area contributed by atoms with Crippen molar-refractivity contribution in [3.05, 3.63) is 27.9 Å². The van der Waals surface area contributed by atoms with Crippen LogP contribution >= 0.6 is 0 Å². The molecule has 3 heterocycles. The number of hydrogen-bond acceptors (Lipinski definition) is 5. The van der Waals surface area contributed by atoms with Gasteiger partial charge in [-0.05, 0) is 25.7 Å². The highest BCUT2D eigenvalue weighted by atomic mass is 32.2. The van der Waals surface area contributed by atoms with Gasteiger partial charge in [0.15, 0.2) is 9.84 Å². The van der Waals surface area contributed by atoms with Crippen molar-refractivity contribution in [1.82, 2.24) is 14.9 Å². The third-order valence-corrected chi connectivity index (χ3v) is 6.73. The van der Waals surface area contributed by atoms with Gasteiger partial charge in [0.25, 0.3) is 11.5 Å². The van der Waals surface area contributed by atoms with Gasteiger partial charge in [-0.15, -0.1) is 0 Å². The van der Waals surface area contributed by atoms with Gasteiger partial charge in [0.2, 0.25) is 0 Å². The minimum Gasteiger partial charge on any atom is -0.330 e. The lowest BCUT2D eigenvalue weighted by Crippen LogP contribution is -2.63. The van der Waals surface area contributed by atoms with Crippen LogP contribution in [0.1, 0.15) is 47.9 Å². The quantitative estimate of drug-likeness (QED) is 0.829. The second-order valence-corrected chi connectivity index (χ2v) is 8.75. The smallest absolute Gasteiger partial charge is 0.273 e. The summed E-state index contributed by atoms with van der Waals surface area (Å²) in [6.45, 7) is 0.529. The Labute approximate surface area is 127 Å². The first-order valence-electron chi connectivity index (χ1n) is 7.52. The summed E-state index contributed by atoms with van der Waals surface area (Å²) in [5.41, 5.74) is -0.761. The van der Waals surface area contributed by atoms with Gasteiger partial charge in [0.05, 0.1) is 17.0 Å². The predicted molar refractivity (Wildman–Crippen MR) is 78.5 cm³/mol. The first-order chi connectivity index (χ1) is 10.4. The van der Waals surface area contributed by atoms with Crippen LogP contribution in [0.15, 0.2) is 10.9 Å². The fraction of sp³-hybridized carbons (Fsp3) is 0.643. The van der Waals surface area contributed by atoms with Gasteiger partial charge in [-0.2, -0.15) is 0 Å². The van der Waals surface area contributed by atoms with Crippen LogP contribution in [-0.4, -0.2) is 52.8 Å². The van der Waals surface area contributed by atoms with E-state index < -0.39 is 15.4 Å². The number of aromatic amines is 1. The van der Waals surface area contributed by atoms with E-state index in [4.69, 9.17) is 0 Å². The van der Waals surface area contributed by atoms with Gasteiger partial charge >= 0.3 is 0 Å². The van der Waals surface area contributed by atoms with Gasteiger partial charge in [-0.1, -0.05) is 0 Å². The normalized spacial score (nSPS) is 29.5. The molecular weight excluding hydrogens is 306 g/mol. The molecule has 3 fully saturated rings. The van der Waals surface area contributed by atoms with Crippen LogP contribution in [0.5, 0.6) is 0 Å². The second-order valence-electron chi connectivity index (χ2n) is 6.56. The maximum Gasteiger partial charge on any atom is 0.273 e. The molecule has 1 aromatic rings. The molecule has 1 amide bonds. The fourth-order valence-corrected chi connectivity index (χ4v) is 5.54. The SMILES string of the molecule is O=C(c1cc(=O)[nH]c(C2CC2)n1)N1CCC12CCS(=O)(=O)C2. The highest BCUT2D eigenvalue weighted by molar-refractivity contribution is 7.91. The van der Waals surface area contributed by atoms with Gasteiger partial charge < -0.3 is 9.88 Å². The number of H-pyrrole nitrogens is 1. The zero-order valence-corrected chi connectivity index (χ0v) is 12.9. The summed E-state index contributed by atoms with van der Waals surface area (Å²) in [7, 11) is -3.07. The molecule has 4 rings (SSSR count). The average molecular weight is 323 g/mol. The average Bonchev–Trinajstić information content (AvgIpc) is 3.21. The highest BCUT2D eigenvalue weighted by Crippen LogP contribution is 2.41. The van der Waals surface area contributed by atoms with Crippen molar-refractivity contribution in [2.24, 2.45) is 0 Å². The van der Waals surface area contributed by atoms with Crippen LogP contribution in [-0.2, 0) is 9.84 Å². The molecule has 7 nitrogen and oxygen atoms in total. The molecule has 1 aromatic heterocycles. The molecule has 8 heteroatoms. The second kappa shape index (κ2) is 4.41. The lowest BCUT2D eigenvalue weighted by molar-refractivity contribution is 0.00977. The number of hydrogen-bond donors (Lipinski definition) is 1. The number of sulfone groups is 1. The monoisotopic (exact) mass is 323 g/mol. The van der Waals surface area contributed by atoms with E-state index in [0.717, 1.165) is 12.8 Å². The van der Waals surface area contributed by atoms with Gasteiger partial charge in [-0.3, -0.25) is 9.59 Å². The van der Waals surface area contributed by atoms with E-state index >= 15 is 0 Å². The number of rotatable bonds is 2. The molecule has 1 aliphatic carbocycles. The van der Waals surface area contributed by atoms with Crippen LogP contribution in [0.2, 0.25) is 0 Å². The van der Waals surface area contributed by atoms with Crippen LogP contribution in [0.4, 0.5) is 0 Å². The largest absolute Gasteiger partial charge is 0.330 e.